The van der Waals surface area contributed by atoms with Crippen molar-refractivity contribution >= 4 is 17.2 Å². The molecule has 0 amide bonds. The minimum atomic E-state index is 0.217. The number of rotatable bonds is 5. The first kappa shape index (κ1) is 16.6. The molecule has 0 aliphatic heterocycles. The van der Waals surface area contributed by atoms with E-state index in [0.717, 1.165) is 18.5 Å². The van der Waals surface area contributed by atoms with E-state index in [9.17, 15) is 0 Å². The molecule has 1 aliphatic rings. The van der Waals surface area contributed by atoms with Crippen LogP contribution in [-0.2, 0) is 0 Å². The lowest BCUT2D eigenvalue weighted by Crippen LogP contribution is -2.21. The van der Waals surface area contributed by atoms with Crippen molar-refractivity contribution in [2.75, 3.05) is 11.1 Å². The van der Waals surface area contributed by atoms with Gasteiger partial charge in [0.05, 0.1) is 0 Å². The van der Waals surface area contributed by atoms with Crippen LogP contribution in [-0.4, -0.2) is 16.1 Å². The summed E-state index contributed by atoms with van der Waals surface area (Å²) in [6, 6.07) is 8.31. The molecule has 1 aliphatic carbocycles. The van der Waals surface area contributed by atoms with Gasteiger partial charge in [-0.15, -0.1) is 0 Å². The van der Waals surface area contributed by atoms with Gasteiger partial charge in [0.2, 0.25) is 5.88 Å². The molecular weight excluding hydrogens is 300 g/mol. The molecule has 0 atom stereocenters. The molecule has 1 saturated carbocycles. The number of benzene rings is 1. The topological polar surface area (TPSA) is 73.1 Å². The Kier molecular flexibility index (Phi) is 5.18. The fourth-order valence-corrected chi connectivity index (χ4v) is 3.00. The van der Waals surface area contributed by atoms with E-state index >= 15 is 0 Å². The molecule has 0 radical (unpaired) electrons. The summed E-state index contributed by atoms with van der Waals surface area (Å²) in [5.74, 6) is 1.59. The van der Waals surface area contributed by atoms with E-state index in [-0.39, 0.29) is 6.10 Å². The van der Waals surface area contributed by atoms with Gasteiger partial charge in [0, 0.05) is 5.69 Å². The van der Waals surface area contributed by atoms with Crippen LogP contribution in [0.5, 0.6) is 5.88 Å². The molecule has 1 aromatic carbocycles. The van der Waals surface area contributed by atoms with Crippen molar-refractivity contribution in [1.29, 1.82) is 0 Å². The summed E-state index contributed by atoms with van der Waals surface area (Å²) in [6.45, 7) is 4.36. The Morgan fingerprint density at radius 1 is 1.08 bits per heavy atom. The van der Waals surface area contributed by atoms with Crippen LogP contribution in [0, 0.1) is 0 Å². The third kappa shape index (κ3) is 3.96. The Bertz CT molecular complexity index is 664. The highest BCUT2D eigenvalue weighted by Crippen LogP contribution is 2.31. The molecule has 2 aromatic rings. The number of aromatic nitrogens is 2. The second-order valence-electron chi connectivity index (χ2n) is 6.72. The van der Waals surface area contributed by atoms with Gasteiger partial charge in [0.15, 0.2) is 5.82 Å². The van der Waals surface area contributed by atoms with Gasteiger partial charge in [-0.1, -0.05) is 32.4 Å². The normalized spacial score (nSPS) is 15.5. The average molecular weight is 326 g/mol. The van der Waals surface area contributed by atoms with Crippen LogP contribution in [0.1, 0.15) is 57.4 Å². The van der Waals surface area contributed by atoms with Gasteiger partial charge in [0.25, 0.3) is 0 Å². The third-order valence-corrected chi connectivity index (χ3v) is 4.52. The lowest BCUT2D eigenvalue weighted by atomic mass is 9.98. The molecule has 5 heteroatoms. The van der Waals surface area contributed by atoms with Crippen molar-refractivity contribution in [1.82, 2.24) is 9.97 Å². The Hall–Kier alpha value is -2.30. The number of nitrogens with two attached hydrogens (primary N) is 1. The van der Waals surface area contributed by atoms with Crippen LogP contribution in [0.3, 0.4) is 0 Å². The Morgan fingerprint density at radius 3 is 2.46 bits per heavy atom. The SMILES string of the molecule is CC(C)c1ccc(Nc2ncnc(OC3CCCCC3)c2N)cc1. The molecule has 0 unspecified atom stereocenters. The van der Waals surface area contributed by atoms with Crippen molar-refractivity contribution in [3.05, 3.63) is 36.2 Å². The predicted molar refractivity (Wildman–Crippen MR) is 97.8 cm³/mol. The molecular formula is C19H26N4O. The van der Waals surface area contributed by atoms with Gasteiger partial charge >= 0.3 is 0 Å². The summed E-state index contributed by atoms with van der Waals surface area (Å²) < 4.78 is 6.00. The second kappa shape index (κ2) is 7.51. The summed E-state index contributed by atoms with van der Waals surface area (Å²) >= 11 is 0. The van der Waals surface area contributed by atoms with E-state index in [4.69, 9.17) is 10.5 Å². The van der Waals surface area contributed by atoms with E-state index < -0.39 is 0 Å². The zero-order valence-electron chi connectivity index (χ0n) is 14.5. The van der Waals surface area contributed by atoms with Crippen LogP contribution in [0.2, 0.25) is 0 Å². The van der Waals surface area contributed by atoms with Crippen molar-refractivity contribution in [2.45, 2.75) is 58.0 Å². The van der Waals surface area contributed by atoms with Gasteiger partial charge in [-0.3, -0.25) is 0 Å². The largest absolute Gasteiger partial charge is 0.473 e. The molecule has 3 rings (SSSR count). The van der Waals surface area contributed by atoms with Crippen LogP contribution in [0.15, 0.2) is 30.6 Å². The number of anilines is 3. The standard InChI is InChI=1S/C19H26N4O/c1-13(2)14-8-10-15(11-9-14)23-18-17(20)19(22-12-21-18)24-16-6-4-3-5-7-16/h8-13,16H,3-7,20H2,1-2H3,(H,21,22,23). The highest BCUT2D eigenvalue weighted by Gasteiger charge is 2.18. The van der Waals surface area contributed by atoms with Crippen LogP contribution >= 0.6 is 0 Å². The third-order valence-electron chi connectivity index (χ3n) is 4.52. The van der Waals surface area contributed by atoms with Gasteiger partial charge in [-0.25, -0.2) is 4.98 Å². The minimum absolute atomic E-state index is 0.217. The maximum Gasteiger partial charge on any atom is 0.242 e. The number of hydrogen-bond donors (Lipinski definition) is 2. The zero-order valence-corrected chi connectivity index (χ0v) is 14.5. The van der Waals surface area contributed by atoms with Crippen LogP contribution in [0.4, 0.5) is 17.2 Å². The van der Waals surface area contributed by atoms with Gasteiger partial charge < -0.3 is 15.8 Å². The quantitative estimate of drug-likeness (QED) is 0.837. The zero-order chi connectivity index (χ0) is 16.9. The van der Waals surface area contributed by atoms with E-state index in [2.05, 4.69) is 41.3 Å². The minimum Gasteiger partial charge on any atom is -0.473 e. The molecule has 3 N–H and O–H groups in total. The van der Waals surface area contributed by atoms with Crippen molar-refractivity contribution in [2.24, 2.45) is 0 Å². The van der Waals surface area contributed by atoms with Crippen molar-refractivity contribution < 1.29 is 4.74 Å². The fourth-order valence-electron chi connectivity index (χ4n) is 3.00. The molecule has 0 spiro atoms. The van der Waals surface area contributed by atoms with Crippen molar-refractivity contribution in [3.8, 4) is 5.88 Å². The summed E-state index contributed by atoms with van der Waals surface area (Å²) in [7, 11) is 0. The van der Waals surface area contributed by atoms with Gasteiger partial charge in [0.1, 0.15) is 18.1 Å². The molecule has 1 fully saturated rings. The second-order valence-corrected chi connectivity index (χ2v) is 6.72. The summed E-state index contributed by atoms with van der Waals surface area (Å²) in [6.07, 6.45) is 7.57. The maximum absolute atomic E-state index is 6.21. The lowest BCUT2D eigenvalue weighted by Gasteiger charge is -2.23. The molecule has 1 heterocycles. The lowest BCUT2D eigenvalue weighted by molar-refractivity contribution is 0.149. The summed E-state index contributed by atoms with van der Waals surface area (Å²) in [5, 5.41) is 3.26. The highest BCUT2D eigenvalue weighted by molar-refractivity contribution is 5.72. The van der Waals surface area contributed by atoms with Gasteiger partial charge in [-0.2, -0.15) is 4.98 Å². The number of nitrogens with zero attached hydrogens (tertiary/aromatic N) is 2. The van der Waals surface area contributed by atoms with Crippen LogP contribution < -0.4 is 15.8 Å². The number of ether oxygens (including phenoxy) is 1. The van der Waals surface area contributed by atoms with E-state index in [0.29, 0.717) is 23.3 Å². The smallest absolute Gasteiger partial charge is 0.242 e. The van der Waals surface area contributed by atoms with E-state index in [1.165, 1.54) is 31.2 Å². The predicted octanol–water partition coefficient (Wildman–Crippen LogP) is 4.64. The highest BCUT2D eigenvalue weighted by atomic mass is 16.5. The number of nitrogen functional groups attached to an aromatic ring is 1. The Morgan fingerprint density at radius 2 is 1.79 bits per heavy atom. The number of hydrogen-bond acceptors (Lipinski definition) is 5. The Labute approximate surface area is 143 Å². The maximum atomic E-state index is 6.21. The molecule has 0 saturated heterocycles. The molecule has 128 valence electrons. The Balaban J connectivity index is 1.72. The van der Waals surface area contributed by atoms with Gasteiger partial charge in [-0.05, 0) is 49.3 Å². The van der Waals surface area contributed by atoms with Crippen molar-refractivity contribution in [3.63, 3.8) is 0 Å². The first-order valence-corrected chi connectivity index (χ1v) is 8.77. The first-order valence-electron chi connectivity index (χ1n) is 8.77. The first-order chi connectivity index (χ1) is 11.6. The number of nitrogens with one attached hydrogen (secondary N) is 1. The fraction of sp³-hybridized carbons (Fsp3) is 0.474. The average Bonchev–Trinajstić information content (AvgIpc) is 2.60. The molecule has 1 aromatic heterocycles. The molecule has 5 nitrogen and oxygen atoms in total. The summed E-state index contributed by atoms with van der Waals surface area (Å²) in [4.78, 5) is 8.47. The molecule has 0 bridgehead atoms. The van der Waals surface area contributed by atoms with E-state index in [1.807, 2.05) is 12.1 Å². The summed E-state index contributed by atoms with van der Waals surface area (Å²) in [5.41, 5.74) is 8.94. The van der Waals surface area contributed by atoms with E-state index in [1.54, 1.807) is 0 Å². The monoisotopic (exact) mass is 326 g/mol. The molecule has 24 heavy (non-hydrogen) atoms. The van der Waals surface area contributed by atoms with Crippen LogP contribution in [0.25, 0.3) is 0 Å².